The highest BCUT2D eigenvalue weighted by molar-refractivity contribution is 5.03. The Kier molecular flexibility index (Phi) is 2.15. The molecule has 0 spiro atoms. The van der Waals surface area contributed by atoms with Crippen LogP contribution in [0.4, 0.5) is 0 Å². The highest BCUT2D eigenvalue weighted by Gasteiger charge is 2.54. The molecule has 2 bridgehead atoms. The third-order valence-electron chi connectivity index (χ3n) is 5.59. The van der Waals surface area contributed by atoms with E-state index in [0.717, 1.165) is 23.7 Å². The number of hydrogen-bond donors (Lipinski definition) is 0. The third kappa shape index (κ3) is 1.19. The standard InChI is InChI=1S/C14H24/c1-3-4-10-6-13-11-5-9(2)12(8-11)14(13)7-10/h9-14H,3-8H2,1-2H3. The van der Waals surface area contributed by atoms with E-state index in [1.807, 2.05) is 0 Å². The zero-order valence-corrected chi connectivity index (χ0v) is 9.71. The van der Waals surface area contributed by atoms with Crippen molar-refractivity contribution in [1.29, 1.82) is 0 Å². The molecule has 0 aromatic heterocycles. The molecule has 80 valence electrons. The lowest BCUT2D eigenvalue weighted by atomic mass is 9.77. The first-order valence-electron chi connectivity index (χ1n) is 6.79. The van der Waals surface area contributed by atoms with Gasteiger partial charge in [-0.15, -0.1) is 0 Å². The van der Waals surface area contributed by atoms with Gasteiger partial charge in [0.2, 0.25) is 0 Å². The van der Waals surface area contributed by atoms with E-state index >= 15 is 0 Å². The van der Waals surface area contributed by atoms with Crippen LogP contribution in [0, 0.1) is 35.5 Å². The van der Waals surface area contributed by atoms with E-state index < -0.39 is 0 Å². The Hall–Kier alpha value is 0. The second-order valence-corrected chi connectivity index (χ2v) is 6.33. The predicted octanol–water partition coefficient (Wildman–Crippen LogP) is 4.10. The zero-order valence-electron chi connectivity index (χ0n) is 9.71. The van der Waals surface area contributed by atoms with Crippen molar-refractivity contribution in [2.45, 2.75) is 52.4 Å². The van der Waals surface area contributed by atoms with Gasteiger partial charge in [0.25, 0.3) is 0 Å². The molecule has 0 saturated heterocycles. The average Bonchev–Trinajstić information content (AvgIpc) is 2.74. The fourth-order valence-electron chi connectivity index (χ4n) is 5.17. The SMILES string of the molecule is CCCC1CC2C3CC(C)C(C3)C2C1. The summed E-state index contributed by atoms with van der Waals surface area (Å²) in [5, 5.41) is 0. The van der Waals surface area contributed by atoms with E-state index in [9.17, 15) is 0 Å². The van der Waals surface area contributed by atoms with E-state index in [2.05, 4.69) is 13.8 Å². The minimum Gasteiger partial charge on any atom is -0.0654 e. The van der Waals surface area contributed by atoms with Crippen LogP contribution < -0.4 is 0 Å². The van der Waals surface area contributed by atoms with Crippen molar-refractivity contribution in [2.24, 2.45) is 35.5 Å². The summed E-state index contributed by atoms with van der Waals surface area (Å²) in [6, 6.07) is 0. The van der Waals surface area contributed by atoms with Crippen LogP contribution in [-0.4, -0.2) is 0 Å². The van der Waals surface area contributed by atoms with E-state index in [1.54, 1.807) is 25.7 Å². The van der Waals surface area contributed by atoms with Gasteiger partial charge in [0.15, 0.2) is 0 Å². The second kappa shape index (κ2) is 3.25. The Labute approximate surface area is 88.5 Å². The molecule has 14 heavy (non-hydrogen) atoms. The van der Waals surface area contributed by atoms with Crippen molar-refractivity contribution < 1.29 is 0 Å². The van der Waals surface area contributed by atoms with Crippen molar-refractivity contribution >= 4 is 0 Å². The summed E-state index contributed by atoms with van der Waals surface area (Å²) < 4.78 is 0. The number of hydrogen-bond acceptors (Lipinski definition) is 0. The molecule has 0 radical (unpaired) electrons. The minimum absolute atomic E-state index is 1.07. The first-order chi connectivity index (χ1) is 6.79. The molecule has 3 saturated carbocycles. The maximum absolute atomic E-state index is 2.51. The Morgan fingerprint density at radius 2 is 1.71 bits per heavy atom. The van der Waals surface area contributed by atoms with Crippen LogP contribution >= 0.6 is 0 Å². The van der Waals surface area contributed by atoms with Gasteiger partial charge in [0.05, 0.1) is 0 Å². The van der Waals surface area contributed by atoms with Crippen LogP contribution in [0.1, 0.15) is 52.4 Å². The lowest BCUT2D eigenvalue weighted by Gasteiger charge is -2.29. The molecule has 0 aromatic carbocycles. The molecule has 0 aromatic rings. The molecule has 3 rings (SSSR count). The first-order valence-corrected chi connectivity index (χ1v) is 6.79. The maximum atomic E-state index is 2.51. The molecular formula is C14H24. The van der Waals surface area contributed by atoms with Crippen LogP contribution in [0.25, 0.3) is 0 Å². The van der Waals surface area contributed by atoms with Crippen LogP contribution in [0.2, 0.25) is 0 Å². The van der Waals surface area contributed by atoms with Crippen LogP contribution in [0.15, 0.2) is 0 Å². The molecule has 6 atom stereocenters. The normalized spacial score (nSPS) is 55.3. The second-order valence-electron chi connectivity index (χ2n) is 6.33. The van der Waals surface area contributed by atoms with Gasteiger partial charge in [-0.1, -0.05) is 26.7 Å². The van der Waals surface area contributed by atoms with Gasteiger partial charge in [-0.2, -0.15) is 0 Å². The summed E-state index contributed by atoms with van der Waals surface area (Å²) >= 11 is 0. The summed E-state index contributed by atoms with van der Waals surface area (Å²) in [7, 11) is 0. The van der Waals surface area contributed by atoms with E-state index in [4.69, 9.17) is 0 Å². The third-order valence-corrected chi connectivity index (χ3v) is 5.59. The Morgan fingerprint density at radius 3 is 2.50 bits per heavy atom. The molecule has 3 aliphatic carbocycles. The smallest absolute Gasteiger partial charge is 0.0349 e. The number of fused-ring (bicyclic) bond motifs is 5. The van der Waals surface area contributed by atoms with Crippen molar-refractivity contribution in [1.82, 2.24) is 0 Å². The summed E-state index contributed by atoms with van der Waals surface area (Å²) in [4.78, 5) is 0. The van der Waals surface area contributed by atoms with Crippen LogP contribution in [0.5, 0.6) is 0 Å². The van der Waals surface area contributed by atoms with Gasteiger partial charge in [0.1, 0.15) is 0 Å². The zero-order chi connectivity index (χ0) is 9.71. The van der Waals surface area contributed by atoms with Gasteiger partial charge in [-0.05, 0) is 61.2 Å². The summed E-state index contributed by atoms with van der Waals surface area (Å²) in [6.07, 6.45) is 9.31. The highest BCUT2D eigenvalue weighted by atomic mass is 14.6. The fourth-order valence-corrected chi connectivity index (χ4v) is 5.17. The monoisotopic (exact) mass is 192 g/mol. The predicted molar refractivity (Wildman–Crippen MR) is 60.0 cm³/mol. The largest absolute Gasteiger partial charge is 0.0654 e. The van der Waals surface area contributed by atoms with Gasteiger partial charge < -0.3 is 0 Å². The molecule has 3 fully saturated rings. The van der Waals surface area contributed by atoms with E-state index in [0.29, 0.717) is 0 Å². The molecule has 0 heteroatoms. The van der Waals surface area contributed by atoms with E-state index in [1.165, 1.54) is 24.7 Å². The van der Waals surface area contributed by atoms with Gasteiger partial charge in [-0.3, -0.25) is 0 Å². The lowest BCUT2D eigenvalue weighted by molar-refractivity contribution is 0.201. The lowest BCUT2D eigenvalue weighted by Crippen LogP contribution is -2.22. The Morgan fingerprint density at radius 1 is 0.929 bits per heavy atom. The first kappa shape index (κ1) is 9.24. The maximum Gasteiger partial charge on any atom is -0.0349 e. The minimum atomic E-state index is 1.07. The fraction of sp³-hybridized carbons (Fsp3) is 1.00. The molecule has 0 aliphatic heterocycles. The van der Waals surface area contributed by atoms with E-state index in [-0.39, 0.29) is 0 Å². The van der Waals surface area contributed by atoms with Crippen LogP contribution in [-0.2, 0) is 0 Å². The van der Waals surface area contributed by atoms with Gasteiger partial charge in [-0.25, -0.2) is 0 Å². The molecule has 0 heterocycles. The Balaban J connectivity index is 1.70. The Bertz CT molecular complexity index is 220. The van der Waals surface area contributed by atoms with Crippen molar-refractivity contribution in [3.05, 3.63) is 0 Å². The highest BCUT2D eigenvalue weighted by Crippen LogP contribution is 2.62. The average molecular weight is 192 g/mol. The molecule has 0 N–H and O–H groups in total. The summed E-state index contributed by atoms with van der Waals surface area (Å²) in [5.41, 5.74) is 0. The summed E-state index contributed by atoms with van der Waals surface area (Å²) in [5.74, 6) is 6.83. The molecule has 0 nitrogen and oxygen atoms in total. The molecule has 0 amide bonds. The summed E-state index contributed by atoms with van der Waals surface area (Å²) in [6.45, 7) is 4.86. The van der Waals surface area contributed by atoms with Gasteiger partial charge >= 0.3 is 0 Å². The van der Waals surface area contributed by atoms with Crippen LogP contribution in [0.3, 0.4) is 0 Å². The molecular weight excluding hydrogens is 168 g/mol. The van der Waals surface area contributed by atoms with Crippen molar-refractivity contribution in [3.8, 4) is 0 Å². The van der Waals surface area contributed by atoms with Crippen molar-refractivity contribution in [3.63, 3.8) is 0 Å². The molecule has 6 unspecified atom stereocenters. The number of rotatable bonds is 2. The molecule has 3 aliphatic rings. The van der Waals surface area contributed by atoms with Gasteiger partial charge in [0, 0.05) is 0 Å². The quantitative estimate of drug-likeness (QED) is 0.618. The van der Waals surface area contributed by atoms with Crippen molar-refractivity contribution in [2.75, 3.05) is 0 Å². The topological polar surface area (TPSA) is 0 Å².